The number of rotatable bonds is 7. The Morgan fingerprint density at radius 3 is 2.77 bits per heavy atom. The van der Waals surface area contributed by atoms with Crippen LogP contribution in [0.25, 0.3) is 22.2 Å². The number of benzene rings is 2. The van der Waals surface area contributed by atoms with Gasteiger partial charge in [0.2, 0.25) is 5.91 Å². The predicted molar refractivity (Wildman–Crippen MR) is 115 cm³/mol. The van der Waals surface area contributed by atoms with Crippen LogP contribution in [-0.4, -0.2) is 34.3 Å². The lowest BCUT2D eigenvalue weighted by Gasteiger charge is -2.08. The third kappa shape index (κ3) is 4.25. The van der Waals surface area contributed by atoms with Gasteiger partial charge in [-0.2, -0.15) is 5.10 Å². The van der Waals surface area contributed by atoms with E-state index in [9.17, 15) is 9.59 Å². The minimum atomic E-state index is -0.312. The van der Waals surface area contributed by atoms with Gasteiger partial charge in [0.1, 0.15) is 12.3 Å². The van der Waals surface area contributed by atoms with E-state index in [2.05, 4.69) is 15.4 Å². The molecule has 0 spiro atoms. The van der Waals surface area contributed by atoms with E-state index in [1.54, 1.807) is 13.2 Å². The van der Waals surface area contributed by atoms with Crippen molar-refractivity contribution in [3.63, 3.8) is 0 Å². The maximum absolute atomic E-state index is 12.4. The van der Waals surface area contributed by atoms with Crippen LogP contribution in [0.2, 0.25) is 0 Å². The number of hydrogen-bond donors (Lipinski definition) is 2. The number of amides is 1. The third-order valence-electron chi connectivity index (χ3n) is 4.92. The predicted octanol–water partition coefficient (Wildman–Crippen LogP) is 2.76. The second-order valence-corrected chi connectivity index (χ2v) is 6.91. The molecule has 152 valence electrons. The number of nitrogens with one attached hydrogen (secondary N) is 2. The van der Waals surface area contributed by atoms with E-state index < -0.39 is 0 Å². The maximum atomic E-state index is 12.4. The molecule has 0 aliphatic carbocycles. The van der Waals surface area contributed by atoms with E-state index in [1.165, 1.54) is 10.7 Å². The van der Waals surface area contributed by atoms with Crippen molar-refractivity contribution in [2.75, 3.05) is 13.7 Å². The molecule has 2 aromatic heterocycles. The van der Waals surface area contributed by atoms with Crippen molar-refractivity contribution in [2.45, 2.75) is 13.0 Å². The fraction of sp³-hybridized carbons (Fsp3) is 0.174. The Balaban J connectivity index is 1.39. The van der Waals surface area contributed by atoms with Gasteiger partial charge in [0.05, 0.1) is 12.8 Å². The zero-order valence-corrected chi connectivity index (χ0v) is 16.6. The van der Waals surface area contributed by atoms with E-state index >= 15 is 0 Å². The topological polar surface area (TPSA) is 89.0 Å². The van der Waals surface area contributed by atoms with Crippen molar-refractivity contribution in [2.24, 2.45) is 0 Å². The monoisotopic (exact) mass is 402 g/mol. The second-order valence-electron chi connectivity index (χ2n) is 6.91. The van der Waals surface area contributed by atoms with Gasteiger partial charge in [0.25, 0.3) is 5.56 Å². The largest absolute Gasteiger partial charge is 0.497 e. The number of fused-ring (bicyclic) bond motifs is 1. The van der Waals surface area contributed by atoms with E-state index in [1.807, 2.05) is 54.7 Å². The standard InChI is InChI=1S/C23H22N4O3/c1-30-18-7-8-21-19(13-18)17(14-25-21)11-12-24-22(28)15-27-23(29)10-9-20(26-27)16-5-3-2-4-6-16/h2-10,13-14,25H,11-12,15H2,1H3,(H,24,28). The highest BCUT2D eigenvalue weighted by Crippen LogP contribution is 2.23. The molecule has 0 fully saturated rings. The number of ether oxygens (including phenoxy) is 1. The van der Waals surface area contributed by atoms with Crippen molar-refractivity contribution in [1.82, 2.24) is 20.1 Å². The summed E-state index contributed by atoms with van der Waals surface area (Å²) in [5, 5.41) is 8.26. The number of nitrogens with zero attached hydrogens (tertiary/aromatic N) is 2. The van der Waals surface area contributed by atoms with Crippen molar-refractivity contribution in [3.8, 4) is 17.0 Å². The molecule has 7 nitrogen and oxygen atoms in total. The van der Waals surface area contributed by atoms with Crippen molar-refractivity contribution >= 4 is 16.8 Å². The van der Waals surface area contributed by atoms with Crippen LogP contribution in [-0.2, 0) is 17.8 Å². The first-order valence-electron chi connectivity index (χ1n) is 9.68. The Bertz CT molecular complexity index is 1230. The summed E-state index contributed by atoms with van der Waals surface area (Å²) in [4.78, 5) is 27.7. The van der Waals surface area contributed by atoms with Crippen LogP contribution in [0.5, 0.6) is 5.75 Å². The maximum Gasteiger partial charge on any atom is 0.267 e. The number of carbonyl (C=O) groups excluding carboxylic acids is 1. The molecule has 0 unspecified atom stereocenters. The lowest BCUT2D eigenvalue weighted by Crippen LogP contribution is -2.34. The van der Waals surface area contributed by atoms with Gasteiger partial charge >= 0.3 is 0 Å². The number of hydrogen-bond acceptors (Lipinski definition) is 4. The molecule has 0 saturated carbocycles. The smallest absolute Gasteiger partial charge is 0.267 e. The Morgan fingerprint density at radius 2 is 1.97 bits per heavy atom. The van der Waals surface area contributed by atoms with E-state index in [0.29, 0.717) is 18.7 Å². The highest BCUT2D eigenvalue weighted by Gasteiger charge is 2.09. The van der Waals surface area contributed by atoms with Gasteiger partial charge in [0.15, 0.2) is 0 Å². The number of methoxy groups -OCH3 is 1. The molecule has 0 aliphatic rings. The summed E-state index contributed by atoms with van der Waals surface area (Å²) < 4.78 is 6.47. The summed E-state index contributed by atoms with van der Waals surface area (Å²) in [6.07, 6.45) is 2.59. The SMILES string of the molecule is COc1ccc2[nH]cc(CCNC(=O)Cn3nc(-c4ccccc4)ccc3=O)c2c1. The summed E-state index contributed by atoms with van der Waals surface area (Å²) in [7, 11) is 1.64. The van der Waals surface area contributed by atoms with Gasteiger partial charge in [-0.05, 0) is 36.2 Å². The Kier molecular flexibility index (Phi) is 5.61. The van der Waals surface area contributed by atoms with Gasteiger partial charge in [0, 0.05) is 35.3 Å². The van der Waals surface area contributed by atoms with E-state index in [0.717, 1.165) is 27.8 Å². The molecule has 0 bridgehead atoms. The molecule has 7 heteroatoms. The average molecular weight is 402 g/mol. The molecule has 4 rings (SSSR count). The Hall–Kier alpha value is -3.87. The molecule has 0 saturated heterocycles. The van der Waals surface area contributed by atoms with Gasteiger partial charge in [-0.1, -0.05) is 30.3 Å². The molecule has 0 radical (unpaired) electrons. The van der Waals surface area contributed by atoms with Gasteiger partial charge in [-0.25, -0.2) is 4.68 Å². The van der Waals surface area contributed by atoms with Crippen molar-refractivity contribution < 1.29 is 9.53 Å². The minimum Gasteiger partial charge on any atom is -0.497 e. The first-order valence-corrected chi connectivity index (χ1v) is 9.68. The molecule has 1 amide bonds. The number of aromatic amines is 1. The lowest BCUT2D eigenvalue weighted by atomic mass is 10.1. The number of aromatic nitrogens is 3. The normalized spacial score (nSPS) is 10.8. The van der Waals surface area contributed by atoms with Crippen LogP contribution in [0.1, 0.15) is 5.56 Å². The number of H-pyrrole nitrogens is 1. The third-order valence-corrected chi connectivity index (χ3v) is 4.92. The summed E-state index contributed by atoms with van der Waals surface area (Å²) in [5.41, 5.74) is 3.34. The molecular weight excluding hydrogens is 380 g/mol. The van der Waals surface area contributed by atoms with Crippen LogP contribution in [0, 0.1) is 0 Å². The van der Waals surface area contributed by atoms with Crippen LogP contribution >= 0.6 is 0 Å². The second kappa shape index (κ2) is 8.65. The fourth-order valence-electron chi connectivity index (χ4n) is 3.34. The molecule has 0 atom stereocenters. The highest BCUT2D eigenvalue weighted by molar-refractivity contribution is 5.84. The highest BCUT2D eigenvalue weighted by atomic mass is 16.5. The van der Waals surface area contributed by atoms with Crippen LogP contribution in [0.15, 0.2) is 71.7 Å². The van der Waals surface area contributed by atoms with Crippen molar-refractivity contribution in [3.05, 3.63) is 82.8 Å². The summed E-state index contributed by atoms with van der Waals surface area (Å²) in [6.45, 7) is 0.331. The Labute approximate surface area is 173 Å². The quantitative estimate of drug-likeness (QED) is 0.497. The minimum absolute atomic E-state index is 0.124. The zero-order chi connectivity index (χ0) is 20.9. The molecule has 2 aromatic carbocycles. The molecular formula is C23H22N4O3. The molecule has 4 aromatic rings. The first-order chi connectivity index (χ1) is 14.6. The van der Waals surface area contributed by atoms with Gasteiger partial charge < -0.3 is 15.0 Å². The van der Waals surface area contributed by atoms with Gasteiger partial charge in [-0.15, -0.1) is 0 Å². The lowest BCUT2D eigenvalue weighted by molar-refractivity contribution is -0.121. The first kappa shape index (κ1) is 19.4. The van der Waals surface area contributed by atoms with E-state index in [-0.39, 0.29) is 18.0 Å². The summed E-state index contributed by atoms with van der Waals surface area (Å²) in [6, 6.07) is 18.5. The zero-order valence-electron chi connectivity index (χ0n) is 16.6. The van der Waals surface area contributed by atoms with E-state index in [4.69, 9.17) is 4.74 Å². The van der Waals surface area contributed by atoms with Crippen molar-refractivity contribution in [1.29, 1.82) is 0 Å². The van der Waals surface area contributed by atoms with Crippen LogP contribution in [0.3, 0.4) is 0 Å². The van der Waals surface area contributed by atoms with Crippen LogP contribution < -0.4 is 15.6 Å². The molecule has 0 aliphatic heterocycles. The van der Waals surface area contributed by atoms with Gasteiger partial charge in [-0.3, -0.25) is 9.59 Å². The summed E-state index contributed by atoms with van der Waals surface area (Å²) in [5.74, 6) is 0.531. The average Bonchev–Trinajstić information content (AvgIpc) is 3.18. The molecule has 2 N–H and O–H groups in total. The number of carbonyl (C=O) groups is 1. The Morgan fingerprint density at radius 1 is 1.13 bits per heavy atom. The summed E-state index contributed by atoms with van der Waals surface area (Å²) >= 11 is 0. The molecule has 2 heterocycles. The fourth-order valence-corrected chi connectivity index (χ4v) is 3.34. The molecule has 30 heavy (non-hydrogen) atoms. The van der Waals surface area contributed by atoms with Crippen LogP contribution in [0.4, 0.5) is 0 Å².